The molecule has 0 saturated heterocycles. The van der Waals surface area contributed by atoms with Gasteiger partial charge < -0.3 is 10.2 Å². The van der Waals surface area contributed by atoms with Crippen LogP contribution in [0.2, 0.25) is 0 Å². The van der Waals surface area contributed by atoms with Crippen molar-refractivity contribution >= 4 is 17.6 Å². The Hall–Kier alpha value is -4.33. The first-order valence-electron chi connectivity index (χ1n) is 11.6. The fraction of sp³-hybridized carbons (Fsp3) is 0.179. The van der Waals surface area contributed by atoms with Crippen molar-refractivity contribution in [3.63, 3.8) is 0 Å². The molecule has 2 amide bonds. The molecule has 0 aliphatic rings. The van der Waals surface area contributed by atoms with E-state index < -0.39 is 5.91 Å². The van der Waals surface area contributed by atoms with Gasteiger partial charge in [0.2, 0.25) is 11.8 Å². The number of hydrogen-bond acceptors (Lipinski definition) is 3. The maximum atomic E-state index is 13.5. The third-order valence-electron chi connectivity index (χ3n) is 5.64. The van der Waals surface area contributed by atoms with E-state index in [4.69, 9.17) is 0 Å². The van der Waals surface area contributed by atoms with E-state index >= 15 is 0 Å². The van der Waals surface area contributed by atoms with Crippen LogP contribution in [0, 0.1) is 11.6 Å². The maximum Gasteiger partial charge on any atom is 0.245 e. The standard InChI is InChI=1S/C28H26F2N4O2/c1-19(2)33(28(36)16-20-8-10-22(29)11-9-20)18-27(35)31-26-17-25(21-6-4-3-5-7-21)32-34(26)24-14-12-23(30)13-15-24/h3-15,17,19H,16,18H2,1-2H3,(H,31,35). The van der Waals surface area contributed by atoms with Crippen LogP contribution in [0.3, 0.4) is 0 Å². The summed E-state index contributed by atoms with van der Waals surface area (Å²) in [6.07, 6.45) is 0.0530. The minimum atomic E-state index is -0.404. The van der Waals surface area contributed by atoms with Gasteiger partial charge >= 0.3 is 0 Å². The Kier molecular flexibility index (Phi) is 7.53. The number of anilines is 1. The number of carbonyl (C=O) groups is 2. The summed E-state index contributed by atoms with van der Waals surface area (Å²) in [6, 6.07) is 22.5. The van der Waals surface area contributed by atoms with Gasteiger partial charge in [-0.05, 0) is 55.8 Å². The molecule has 0 aliphatic carbocycles. The molecule has 1 N–H and O–H groups in total. The molecule has 4 aromatic rings. The molecule has 0 saturated carbocycles. The van der Waals surface area contributed by atoms with Crippen molar-refractivity contribution in [3.05, 3.63) is 102 Å². The number of rotatable bonds is 8. The van der Waals surface area contributed by atoms with Crippen molar-refractivity contribution in [2.75, 3.05) is 11.9 Å². The minimum Gasteiger partial charge on any atom is -0.331 e. The fourth-order valence-corrected chi connectivity index (χ4v) is 3.77. The lowest BCUT2D eigenvalue weighted by Gasteiger charge is -2.26. The van der Waals surface area contributed by atoms with Crippen LogP contribution in [-0.4, -0.2) is 39.1 Å². The van der Waals surface area contributed by atoms with Gasteiger partial charge in [0.1, 0.15) is 24.0 Å². The Morgan fingerprint density at radius 3 is 2.14 bits per heavy atom. The lowest BCUT2D eigenvalue weighted by atomic mass is 10.1. The van der Waals surface area contributed by atoms with Gasteiger partial charge in [-0.15, -0.1) is 0 Å². The summed E-state index contributed by atoms with van der Waals surface area (Å²) in [5.41, 5.74) is 2.71. The topological polar surface area (TPSA) is 67.2 Å². The SMILES string of the molecule is CC(C)N(CC(=O)Nc1cc(-c2ccccc2)nn1-c1ccc(F)cc1)C(=O)Cc1ccc(F)cc1. The molecular formula is C28H26F2N4O2. The van der Waals surface area contributed by atoms with Gasteiger partial charge in [0.15, 0.2) is 0 Å². The Balaban J connectivity index is 1.55. The van der Waals surface area contributed by atoms with Crippen LogP contribution in [0.4, 0.5) is 14.6 Å². The zero-order chi connectivity index (χ0) is 25.7. The highest BCUT2D eigenvalue weighted by atomic mass is 19.1. The van der Waals surface area contributed by atoms with Gasteiger partial charge in [0.25, 0.3) is 0 Å². The highest BCUT2D eigenvalue weighted by molar-refractivity contribution is 5.95. The molecule has 36 heavy (non-hydrogen) atoms. The van der Waals surface area contributed by atoms with Crippen LogP contribution in [0.15, 0.2) is 84.9 Å². The maximum absolute atomic E-state index is 13.5. The van der Waals surface area contributed by atoms with Gasteiger partial charge in [-0.25, -0.2) is 13.5 Å². The van der Waals surface area contributed by atoms with Crippen LogP contribution >= 0.6 is 0 Å². The van der Waals surface area contributed by atoms with Crippen molar-refractivity contribution in [1.29, 1.82) is 0 Å². The molecule has 0 aliphatic heterocycles. The average Bonchev–Trinajstić information content (AvgIpc) is 3.28. The van der Waals surface area contributed by atoms with Crippen LogP contribution in [-0.2, 0) is 16.0 Å². The van der Waals surface area contributed by atoms with Crippen LogP contribution in [0.25, 0.3) is 16.9 Å². The van der Waals surface area contributed by atoms with E-state index in [1.165, 1.54) is 33.8 Å². The second kappa shape index (κ2) is 10.9. The van der Waals surface area contributed by atoms with Gasteiger partial charge in [-0.2, -0.15) is 5.10 Å². The smallest absolute Gasteiger partial charge is 0.245 e. The monoisotopic (exact) mass is 488 g/mol. The molecule has 0 bridgehead atoms. The summed E-state index contributed by atoms with van der Waals surface area (Å²) in [7, 11) is 0. The van der Waals surface area contributed by atoms with E-state index in [2.05, 4.69) is 10.4 Å². The van der Waals surface area contributed by atoms with Crippen LogP contribution in [0.1, 0.15) is 19.4 Å². The van der Waals surface area contributed by atoms with Crippen molar-refractivity contribution in [1.82, 2.24) is 14.7 Å². The second-order valence-corrected chi connectivity index (χ2v) is 8.64. The predicted octanol–water partition coefficient (Wildman–Crippen LogP) is 5.24. The van der Waals surface area contributed by atoms with Gasteiger partial charge in [0.05, 0.1) is 17.8 Å². The number of halogens is 2. The molecule has 0 radical (unpaired) electrons. The molecule has 1 aromatic heterocycles. The van der Waals surface area contributed by atoms with Gasteiger partial charge in [0, 0.05) is 17.7 Å². The summed E-state index contributed by atoms with van der Waals surface area (Å²) in [5.74, 6) is -1.02. The molecule has 1 heterocycles. The summed E-state index contributed by atoms with van der Waals surface area (Å²) in [6.45, 7) is 3.48. The molecule has 0 unspecified atom stereocenters. The van der Waals surface area contributed by atoms with Crippen LogP contribution < -0.4 is 5.32 Å². The van der Waals surface area contributed by atoms with E-state index in [9.17, 15) is 18.4 Å². The highest BCUT2D eigenvalue weighted by Gasteiger charge is 2.22. The lowest BCUT2D eigenvalue weighted by molar-refractivity contribution is -0.135. The first-order chi connectivity index (χ1) is 17.3. The second-order valence-electron chi connectivity index (χ2n) is 8.64. The quantitative estimate of drug-likeness (QED) is 0.369. The van der Waals surface area contributed by atoms with Gasteiger partial charge in [-0.3, -0.25) is 9.59 Å². The average molecular weight is 489 g/mol. The van der Waals surface area contributed by atoms with Gasteiger partial charge in [-0.1, -0.05) is 42.5 Å². The Bertz CT molecular complexity index is 1330. The molecule has 0 atom stereocenters. The molecule has 0 fully saturated rings. The fourth-order valence-electron chi connectivity index (χ4n) is 3.77. The number of hydrogen-bond donors (Lipinski definition) is 1. The molecular weight excluding hydrogens is 462 g/mol. The third-order valence-corrected chi connectivity index (χ3v) is 5.64. The zero-order valence-electron chi connectivity index (χ0n) is 20.0. The summed E-state index contributed by atoms with van der Waals surface area (Å²) >= 11 is 0. The van der Waals surface area contributed by atoms with E-state index in [1.54, 1.807) is 30.3 Å². The lowest BCUT2D eigenvalue weighted by Crippen LogP contribution is -2.43. The molecule has 184 valence electrons. The van der Waals surface area contributed by atoms with Crippen molar-refractivity contribution in [2.24, 2.45) is 0 Å². The first kappa shape index (κ1) is 24.8. The Labute approximate surface area is 208 Å². The minimum absolute atomic E-state index is 0.0530. The van der Waals surface area contributed by atoms with E-state index in [0.29, 0.717) is 22.8 Å². The van der Waals surface area contributed by atoms with Crippen LogP contribution in [0.5, 0.6) is 0 Å². The summed E-state index contributed by atoms with van der Waals surface area (Å²) < 4.78 is 28.2. The number of benzene rings is 3. The normalized spacial score (nSPS) is 10.9. The Morgan fingerprint density at radius 2 is 1.53 bits per heavy atom. The molecule has 8 heteroatoms. The number of amides is 2. The van der Waals surface area contributed by atoms with Crippen molar-refractivity contribution < 1.29 is 18.4 Å². The zero-order valence-corrected chi connectivity index (χ0v) is 20.0. The number of nitrogens with one attached hydrogen (secondary N) is 1. The molecule has 4 rings (SSSR count). The first-order valence-corrected chi connectivity index (χ1v) is 11.6. The summed E-state index contributed by atoms with van der Waals surface area (Å²) in [5, 5.41) is 7.46. The molecule has 0 spiro atoms. The van der Waals surface area contributed by atoms with E-state index in [0.717, 1.165) is 5.56 Å². The highest BCUT2D eigenvalue weighted by Crippen LogP contribution is 2.25. The van der Waals surface area contributed by atoms with Crippen molar-refractivity contribution in [2.45, 2.75) is 26.3 Å². The van der Waals surface area contributed by atoms with Crippen molar-refractivity contribution in [3.8, 4) is 16.9 Å². The van der Waals surface area contributed by atoms with E-state index in [1.807, 2.05) is 44.2 Å². The number of aromatic nitrogens is 2. The molecule has 3 aromatic carbocycles. The molecule has 6 nitrogen and oxygen atoms in total. The number of nitrogens with zero attached hydrogens (tertiary/aromatic N) is 3. The summed E-state index contributed by atoms with van der Waals surface area (Å²) in [4.78, 5) is 27.5. The predicted molar refractivity (Wildman–Crippen MR) is 135 cm³/mol. The largest absolute Gasteiger partial charge is 0.331 e. The third kappa shape index (κ3) is 6.02. The Morgan fingerprint density at radius 1 is 0.917 bits per heavy atom. The van der Waals surface area contributed by atoms with E-state index in [-0.39, 0.29) is 36.5 Å². The number of carbonyl (C=O) groups excluding carboxylic acids is 2.